The maximum atomic E-state index is 11.4. The Kier molecular flexibility index (Phi) is 4.11. The second-order valence-corrected chi connectivity index (χ2v) is 5.94. The molecule has 0 spiro atoms. The molecule has 0 amide bonds. The van der Waals surface area contributed by atoms with Gasteiger partial charge in [-0.3, -0.25) is 4.79 Å². The Morgan fingerprint density at radius 1 is 1.52 bits per heavy atom. The SMILES string of the molecule is CC(C)(C(=O)O)C1CCCN(c2ccc([N+](=O)[O-])nc2)C1. The number of carboxylic acid groups (broad SMARTS) is 1. The molecule has 7 heteroatoms. The summed E-state index contributed by atoms with van der Waals surface area (Å²) in [5.41, 5.74) is 0.0128. The van der Waals surface area contributed by atoms with Gasteiger partial charge in [0.1, 0.15) is 0 Å². The summed E-state index contributed by atoms with van der Waals surface area (Å²) >= 11 is 0. The molecule has 1 aromatic rings. The molecule has 1 saturated heterocycles. The predicted molar refractivity (Wildman–Crippen MR) is 77.2 cm³/mol. The Bertz CT molecular complexity index is 542. The van der Waals surface area contributed by atoms with Crippen LogP contribution in [0.1, 0.15) is 26.7 Å². The van der Waals surface area contributed by atoms with E-state index in [0.717, 1.165) is 25.1 Å². The van der Waals surface area contributed by atoms with Crippen molar-refractivity contribution in [2.45, 2.75) is 26.7 Å². The molecular weight excluding hydrogens is 274 g/mol. The first-order chi connectivity index (χ1) is 9.82. The maximum absolute atomic E-state index is 11.4. The molecular formula is C14H19N3O4. The molecule has 2 heterocycles. The molecule has 1 atom stereocenters. The second-order valence-electron chi connectivity index (χ2n) is 5.94. The molecule has 1 aliphatic rings. The monoisotopic (exact) mass is 293 g/mol. The van der Waals surface area contributed by atoms with Crippen LogP contribution in [0.3, 0.4) is 0 Å². The quantitative estimate of drug-likeness (QED) is 0.676. The normalized spacial score (nSPS) is 19.3. The van der Waals surface area contributed by atoms with E-state index in [1.807, 2.05) is 0 Å². The Morgan fingerprint density at radius 2 is 2.24 bits per heavy atom. The standard InChI is InChI=1S/C14H19N3O4/c1-14(2,13(18)19)10-4-3-7-16(9-10)11-5-6-12(15-8-11)17(20)21/h5-6,8,10H,3-4,7,9H2,1-2H3,(H,18,19). The van der Waals surface area contributed by atoms with Crippen LogP contribution < -0.4 is 4.90 Å². The first-order valence-corrected chi connectivity index (χ1v) is 6.91. The molecule has 21 heavy (non-hydrogen) atoms. The number of rotatable bonds is 4. The zero-order valence-electron chi connectivity index (χ0n) is 12.2. The van der Waals surface area contributed by atoms with Gasteiger partial charge in [0.15, 0.2) is 6.20 Å². The van der Waals surface area contributed by atoms with Crippen LogP contribution in [0.5, 0.6) is 0 Å². The zero-order chi connectivity index (χ0) is 15.6. The summed E-state index contributed by atoms with van der Waals surface area (Å²) < 4.78 is 0. The summed E-state index contributed by atoms with van der Waals surface area (Å²) in [6.07, 6.45) is 3.25. The van der Waals surface area contributed by atoms with Gasteiger partial charge in [-0.1, -0.05) is 0 Å². The highest BCUT2D eigenvalue weighted by Gasteiger charge is 2.39. The molecule has 1 fully saturated rings. The lowest BCUT2D eigenvalue weighted by molar-refractivity contribution is -0.389. The van der Waals surface area contributed by atoms with Gasteiger partial charge >= 0.3 is 11.8 Å². The Labute approximate surface area is 122 Å². The molecule has 0 aromatic carbocycles. The second kappa shape index (κ2) is 5.67. The topological polar surface area (TPSA) is 96.6 Å². The Morgan fingerprint density at radius 3 is 2.76 bits per heavy atom. The molecule has 2 rings (SSSR count). The van der Waals surface area contributed by atoms with Gasteiger partial charge in [-0.25, -0.2) is 0 Å². The molecule has 114 valence electrons. The first kappa shape index (κ1) is 15.2. The van der Waals surface area contributed by atoms with Crippen molar-refractivity contribution in [3.8, 4) is 0 Å². The van der Waals surface area contributed by atoms with E-state index in [9.17, 15) is 20.0 Å². The molecule has 0 radical (unpaired) electrons. The van der Waals surface area contributed by atoms with E-state index in [1.165, 1.54) is 12.3 Å². The van der Waals surface area contributed by atoms with Crippen molar-refractivity contribution in [1.82, 2.24) is 4.98 Å². The van der Waals surface area contributed by atoms with E-state index in [1.54, 1.807) is 19.9 Å². The van der Waals surface area contributed by atoms with E-state index in [-0.39, 0.29) is 11.7 Å². The summed E-state index contributed by atoms with van der Waals surface area (Å²) in [5.74, 6) is -0.937. The van der Waals surface area contributed by atoms with E-state index < -0.39 is 16.3 Å². The van der Waals surface area contributed by atoms with Crippen molar-refractivity contribution in [1.29, 1.82) is 0 Å². The predicted octanol–water partition coefficient (Wildman–Crippen LogP) is 2.32. The van der Waals surface area contributed by atoms with Crippen LogP contribution in [0.4, 0.5) is 11.5 Å². The van der Waals surface area contributed by atoms with E-state index in [4.69, 9.17) is 0 Å². The average molecular weight is 293 g/mol. The number of aromatic nitrogens is 1. The van der Waals surface area contributed by atoms with Gasteiger partial charge in [0.05, 0.1) is 11.1 Å². The Balaban J connectivity index is 2.14. The number of carboxylic acids is 1. The van der Waals surface area contributed by atoms with Crippen molar-refractivity contribution < 1.29 is 14.8 Å². The summed E-state index contributed by atoms with van der Waals surface area (Å²) in [7, 11) is 0. The van der Waals surface area contributed by atoms with Crippen molar-refractivity contribution in [3.63, 3.8) is 0 Å². The minimum atomic E-state index is -0.795. The lowest BCUT2D eigenvalue weighted by Crippen LogP contribution is -2.44. The molecule has 1 unspecified atom stereocenters. The third-order valence-corrected chi connectivity index (χ3v) is 4.28. The minimum Gasteiger partial charge on any atom is -0.481 e. The van der Waals surface area contributed by atoms with Crippen LogP contribution in [-0.2, 0) is 4.79 Å². The van der Waals surface area contributed by atoms with Gasteiger partial charge in [-0.15, -0.1) is 0 Å². The summed E-state index contributed by atoms with van der Waals surface area (Å²) in [6.45, 7) is 4.93. The molecule has 1 N–H and O–H groups in total. The number of hydrogen-bond acceptors (Lipinski definition) is 5. The van der Waals surface area contributed by atoms with E-state index >= 15 is 0 Å². The number of piperidine rings is 1. The minimum absolute atomic E-state index is 0.0407. The lowest BCUT2D eigenvalue weighted by Gasteiger charge is -2.39. The molecule has 0 bridgehead atoms. The zero-order valence-corrected chi connectivity index (χ0v) is 12.2. The summed E-state index contributed by atoms with van der Waals surface area (Å²) in [5, 5.41) is 20.0. The third-order valence-electron chi connectivity index (χ3n) is 4.28. The summed E-state index contributed by atoms with van der Waals surface area (Å²) in [6, 6.07) is 3.04. The van der Waals surface area contributed by atoms with E-state index in [2.05, 4.69) is 9.88 Å². The number of nitrogens with zero attached hydrogens (tertiary/aromatic N) is 3. The highest BCUT2D eigenvalue weighted by molar-refractivity contribution is 5.74. The number of carbonyl (C=O) groups is 1. The fourth-order valence-corrected chi connectivity index (χ4v) is 2.65. The molecule has 7 nitrogen and oxygen atoms in total. The molecule has 0 saturated carbocycles. The van der Waals surface area contributed by atoms with Gasteiger partial charge in [0, 0.05) is 19.2 Å². The highest BCUT2D eigenvalue weighted by Crippen LogP contribution is 2.35. The fraction of sp³-hybridized carbons (Fsp3) is 0.571. The van der Waals surface area contributed by atoms with Crippen LogP contribution in [0.2, 0.25) is 0 Å². The third kappa shape index (κ3) is 3.12. The van der Waals surface area contributed by atoms with E-state index in [0.29, 0.717) is 6.54 Å². The summed E-state index contributed by atoms with van der Waals surface area (Å²) in [4.78, 5) is 27.3. The Hall–Kier alpha value is -2.18. The largest absolute Gasteiger partial charge is 0.481 e. The van der Waals surface area contributed by atoms with Gasteiger partial charge in [0.2, 0.25) is 0 Å². The maximum Gasteiger partial charge on any atom is 0.363 e. The van der Waals surface area contributed by atoms with Crippen LogP contribution in [0.25, 0.3) is 0 Å². The van der Waals surface area contributed by atoms with Crippen molar-refractivity contribution in [2.24, 2.45) is 11.3 Å². The number of hydrogen-bond donors (Lipinski definition) is 1. The van der Waals surface area contributed by atoms with Crippen LogP contribution in [-0.4, -0.2) is 34.1 Å². The average Bonchev–Trinajstić information content (AvgIpc) is 2.47. The van der Waals surface area contributed by atoms with Gasteiger partial charge in [0.25, 0.3) is 0 Å². The lowest BCUT2D eigenvalue weighted by atomic mass is 9.74. The number of anilines is 1. The van der Waals surface area contributed by atoms with Gasteiger partial charge in [-0.2, -0.15) is 0 Å². The number of nitro groups is 1. The molecule has 1 aromatic heterocycles. The van der Waals surface area contributed by atoms with Crippen molar-refractivity contribution in [2.75, 3.05) is 18.0 Å². The van der Waals surface area contributed by atoms with Crippen LogP contribution in [0.15, 0.2) is 18.3 Å². The number of pyridine rings is 1. The first-order valence-electron chi connectivity index (χ1n) is 6.91. The highest BCUT2D eigenvalue weighted by atomic mass is 16.6. The van der Waals surface area contributed by atoms with Crippen molar-refractivity contribution in [3.05, 3.63) is 28.4 Å². The molecule has 1 aliphatic heterocycles. The van der Waals surface area contributed by atoms with Crippen LogP contribution in [0, 0.1) is 21.4 Å². The number of aliphatic carboxylic acids is 1. The van der Waals surface area contributed by atoms with Crippen LogP contribution >= 0.6 is 0 Å². The fourth-order valence-electron chi connectivity index (χ4n) is 2.65. The molecule has 0 aliphatic carbocycles. The van der Waals surface area contributed by atoms with Gasteiger partial charge < -0.3 is 20.1 Å². The van der Waals surface area contributed by atoms with Gasteiger partial charge in [-0.05, 0) is 48.6 Å². The smallest absolute Gasteiger partial charge is 0.363 e. The van der Waals surface area contributed by atoms with Crippen molar-refractivity contribution >= 4 is 17.5 Å².